The van der Waals surface area contributed by atoms with Gasteiger partial charge < -0.3 is 15.0 Å². The second kappa shape index (κ2) is 13.6. The summed E-state index contributed by atoms with van der Waals surface area (Å²) in [5, 5.41) is 7.23. The smallest absolute Gasteiger partial charge is 0.274 e. The number of carbonyl (C=O) groups excluding carboxylic acids is 2. The molecule has 0 aromatic heterocycles. The van der Waals surface area contributed by atoms with Crippen LogP contribution in [0, 0.1) is 0 Å². The molecule has 0 spiro atoms. The van der Waals surface area contributed by atoms with E-state index in [9.17, 15) is 9.59 Å². The lowest BCUT2D eigenvalue weighted by atomic mass is 10.1. The Bertz CT molecular complexity index is 1630. The standard InChI is InChI=1S/C38H33N2O3P/c41-37(31-18-8-2-9-19-31)39-35(38(42)40-26-28-43-29-27-40)36(30-16-6-1-7-17-30)44(32-20-10-3-11-21-32,33-22-12-4-13-23-33)34-24-14-5-15-25-34/h1-25H,26-29H2/p+1/b36-35-. The molecular formula is C38H34N2O3P+. The Kier molecular flexibility index (Phi) is 9.07. The van der Waals surface area contributed by atoms with Crippen LogP contribution in [0.25, 0.3) is 5.31 Å². The zero-order valence-electron chi connectivity index (χ0n) is 24.4. The van der Waals surface area contributed by atoms with Gasteiger partial charge in [-0.3, -0.25) is 9.59 Å². The topological polar surface area (TPSA) is 58.6 Å². The van der Waals surface area contributed by atoms with E-state index in [4.69, 9.17) is 4.74 Å². The number of carbonyl (C=O) groups is 2. The molecule has 0 unspecified atom stereocenters. The van der Waals surface area contributed by atoms with Gasteiger partial charge in [-0.15, -0.1) is 0 Å². The summed E-state index contributed by atoms with van der Waals surface area (Å²) in [6.07, 6.45) is 0. The molecule has 1 aliphatic rings. The third-order valence-corrected chi connectivity index (χ3v) is 12.2. The van der Waals surface area contributed by atoms with Gasteiger partial charge in [0, 0.05) is 24.2 Å². The molecule has 2 amide bonds. The van der Waals surface area contributed by atoms with Gasteiger partial charge in [0.1, 0.15) is 28.5 Å². The molecule has 0 atom stereocenters. The highest BCUT2D eigenvalue weighted by Gasteiger charge is 2.53. The van der Waals surface area contributed by atoms with Crippen LogP contribution >= 0.6 is 7.26 Å². The highest BCUT2D eigenvalue weighted by atomic mass is 31.2. The summed E-state index contributed by atoms with van der Waals surface area (Å²) < 4.78 is 5.61. The van der Waals surface area contributed by atoms with E-state index >= 15 is 0 Å². The molecule has 218 valence electrons. The number of amides is 2. The lowest BCUT2D eigenvalue weighted by Gasteiger charge is -2.33. The number of nitrogens with zero attached hydrogens (tertiary/aromatic N) is 1. The van der Waals surface area contributed by atoms with Crippen LogP contribution in [0.3, 0.4) is 0 Å². The van der Waals surface area contributed by atoms with Gasteiger partial charge in [0.2, 0.25) is 0 Å². The molecule has 1 heterocycles. The lowest BCUT2D eigenvalue weighted by molar-refractivity contribution is -0.131. The summed E-state index contributed by atoms with van der Waals surface area (Å²) in [6, 6.07) is 50.3. The molecule has 1 N–H and O–H groups in total. The van der Waals surface area contributed by atoms with Crippen LogP contribution in [0.15, 0.2) is 157 Å². The third-order valence-electron chi connectivity index (χ3n) is 7.84. The molecule has 6 heteroatoms. The van der Waals surface area contributed by atoms with Crippen LogP contribution in [0.4, 0.5) is 0 Å². The lowest BCUT2D eigenvalue weighted by Crippen LogP contribution is -2.45. The van der Waals surface area contributed by atoms with Crippen molar-refractivity contribution in [1.82, 2.24) is 10.2 Å². The van der Waals surface area contributed by atoms with Gasteiger partial charge >= 0.3 is 0 Å². The number of hydrogen-bond acceptors (Lipinski definition) is 3. The van der Waals surface area contributed by atoms with Gasteiger partial charge in [-0.05, 0) is 48.5 Å². The van der Waals surface area contributed by atoms with Crippen LogP contribution in [0.1, 0.15) is 15.9 Å². The monoisotopic (exact) mass is 597 g/mol. The molecule has 44 heavy (non-hydrogen) atoms. The fourth-order valence-corrected chi connectivity index (χ4v) is 10.4. The van der Waals surface area contributed by atoms with Gasteiger partial charge in [-0.1, -0.05) is 103 Å². The minimum Gasteiger partial charge on any atom is -0.378 e. The van der Waals surface area contributed by atoms with Gasteiger partial charge in [0.05, 0.1) is 13.2 Å². The normalized spacial score (nSPS) is 14.0. The van der Waals surface area contributed by atoms with Crippen molar-refractivity contribution in [2.75, 3.05) is 26.3 Å². The van der Waals surface area contributed by atoms with Crippen molar-refractivity contribution in [2.24, 2.45) is 0 Å². The van der Waals surface area contributed by atoms with E-state index in [0.717, 1.165) is 26.8 Å². The molecular weight excluding hydrogens is 563 g/mol. The minimum absolute atomic E-state index is 0.219. The second-order valence-corrected chi connectivity index (χ2v) is 13.8. The first-order valence-electron chi connectivity index (χ1n) is 14.8. The molecule has 6 rings (SSSR count). The average Bonchev–Trinajstić information content (AvgIpc) is 3.11. The largest absolute Gasteiger partial charge is 0.378 e. The average molecular weight is 598 g/mol. The molecule has 5 aromatic carbocycles. The van der Waals surface area contributed by atoms with Crippen molar-refractivity contribution in [3.05, 3.63) is 168 Å². The van der Waals surface area contributed by atoms with Crippen molar-refractivity contribution in [1.29, 1.82) is 0 Å². The SMILES string of the molecule is O=C(N/C(C(=O)N1CCOCC1)=C(/c1ccccc1)[P+](c1ccccc1)(c1ccccc1)c1ccccc1)c1ccccc1. The highest BCUT2D eigenvalue weighted by molar-refractivity contribution is 8.03. The maximum absolute atomic E-state index is 14.8. The Morgan fingerprint density at radius 1 is 0.545 bits per heavy atom. The predicted molar refractivity (Wildman–Crippen MR) is 180 cm³/mol. The van der Waals surface area contributed by atoms with Crippen molar-refractivity contribution < 1.29 is 14.3 Å². The van der Waals surface area contributed by atoms with Crippen LogP contribution in [-0.4, -0.2) is 43.0 Å². The van der Waals surface area contributed by atoms with E-state index in [1.165, 1.54) is 0 Å². The second-order valence-electron chi connectivity index (χ2n) is 10.5. The molecule has 0 bridgehead atoms. The summed E-state index contributed by atoms with van der Waals surface area (Å²) in [5.41, 5.74) is 1.65. The molecule has 5 nitrogen and oxygen atoms in total. The van der Waals surface area contributed by atoms with Gasteiger partial charge in [-0.2, -0.15) is 0 Å². The Labute approximate surface area is 259 Å². The number of benzene rings is 5. The number of nitrogens with one attached hydrogen (secondary N) is 1. The minimum atomic E-state index is -2.81. The third kappa shape index (κ3) is 5.85. The Hall–Kier alpha value is -4.83. The summed E-state index contributed by atoms with van der Waals surface area (Å²) in [5.74, 6) is -0.550. The molecule has 0 saturated carbocycles. The predicted octanol–water partition coefficient (Wildman–Crippen LogP) is 5.64. The van der Waals surface area contributed by atoms with E-state index < -0.39 is 7.26 Å². The molecule has 5 aromatic rings. The Balaban J connectivity index is 1.75. The molecule has 1 saturated heterocycles. The van der Waals surface area contributed by atoms with Gasteiger partial charge in [0.25, 0.3) is 11.8 Å². The number of hydrogen-bond donors (Lipinski definition) is 1. The van der Waals surface area contributed by atoms with Gasteiger partial charge in [0.15, 0.2) is 5.70 Å². The first kappa shape index (κ1) is 29.3. The zero-order chi connectivity index (χ0) is 30.2. The van der Waals surface area contributed by atoms with E-state index in [-0.39, 0.29) is 17.5 Å². The molecule has 1 aliphatic heterocycles. The fourth-order valence-electron chi connectivity index (χ4n) is 5.80. The summed E-state index contributed by atoms with van der Waals surface area (Å²) >= 11 is 0. The number of morpholine rings is 1. The first-order valence-corrected chi connectivity index (χ1v) is 16.6. The van der Waals surface area contributed by atoms with E-state index in [2.05, 4.69) is 41.7 Å². The van der Waals surface area contributed by atoms with Gasteiger partial charge in [-0.25, -0.2) is 0 Å². The first-order chi connectivity index (χ1) is 21.7. The van der Waals surface area contributed by atoms with Crippen molar-refractivity contribution in [3.8, 4) is 0 Å². The summed E-state index contributed by atoms with van der Waals surface area (Å²) in [7, 11) is -2.81. The number of rotatable bonds is 8. The maximum atomic E-state index is 14.8. The van der Waals surface area contributed by atoms with E-state index in [1.54, 1.807) is 17.0 Å². The van der Waals surface area contributed by atoms with Crippen molar-refractivity contribution in [2.45, 2.75) is 0 Å². The summed E-state index contributed by atoms with van der Waals surface area (Å²) in [6.45, 7) is 1.78. The highest BCUT2D eigenvalue weighted by Crippen LogP contribution is 2.67. The molecule has 0 aliphatic carbocycles. The fraction of sp³-hybridized carbons (Fsp3) is 0.105. The van der Waals surface area contributed by atoms with E-state index in [0.29, 0.717) is 31.9 Å². The molecule has 0 radical (unpaired) electrons. The van der Waals surface area contributed by atoms with Crippen LogP contribution in [-0.2, 0) is 9.53 Å². The Morgan fingerprint density at radius 3 is 1.36 bits per heavy atom. The van der Waals surface area contributed by atoms with Crippen LogP contribution < -0.4 is 21.2 Å². The van der Waals surface area contributed by atoms with Crippen molar-refractivity contribution >= 4 is 40.3 Å². The maximum Gasteiger partial charge on any atom is 0.274 e. The quantitative estimate of drug-likeness (QED) is 0.186. The summed E-state index contributed by atoms with van der Waals surface area (Å²) in [4.78, 5) is 30.6. The van der Waals surface area contributed by atoms with Crippen molar-refractivity contribution in [3.63, 3.8) is 0 Å². The van der Waals surface area contributed by atoms with Crippen LogP contribution in [0.2, 0.25) is 0 Å². The van der Waals surface area contributed by atoms with E-state index in [1.807, 2.05) is 103 Å². The van der Waals surface area contributed by atoms with Crippen LogP contribution in [0.5, 0.6) is 0 Å². The number of ether oxygens (including phenoxy) is 1. The zero-order valence-corrected chi connectivity index (χ0v) is 25.3. The molecule has 1 fully saturated rings. The Morgan fingerprint density at radius 2 is 0.932 bits per heavy atom.